The van der Waals surface area contributed by atoms with E-state index in [1.165, 1.54) is 122 Å². The van der Waals surface area contributed by atoms with Crippen molar-refractivity contribution < 1.29 is 9.53 Å². The maximum atomic E-state index is 12.1. The second-order valence-electron chi connectivity index (χ2n) is 10.1. The summed E-state index contributed by atoms with van der Waals surface area (Å²) in [5.74, 6) is 0.0408. The fraction of sp³-hybridized carbons (Fsp3) is 0.963. The number of nitrogens with one attached hydrogen (secondary N) is 2. The van der Waals surface area contributed by atoms with Crippen molar-refractivity contribution in [2.24, 2.45) is 0 Å². The Hall–Kier alpha value is -0.610. The number of carbonyl (C=O) groups is 1. The molecule has 0 aromatic rings. The van der Waals surface area contributed by atoms with Gasteiger partial charge in [-0.05, 0) is 12.8 Å². The molecule has 3 saturated heterocycles. The minimum atomic E-state index is -0.668. The predicted octanol–water partition coefficient (Wildman–Crippen LogP) is 7.36. The van der Waals surface area contributed by atoms with E-state index < -0.39 is 5.72 Å². The third kappa shape index (κ3) is 11.2. The summed E-state index contributed by atoms with van der Waals surface area (Å²) in [6.45, 7) is 3.08. The van der Waals surface area contributed by atoms with Gasteiger partial charge in [-0.1, -0.05) is 129 Å². The summed E-state index contributed by atoms with van der Waals surface area (Å²) in [7, 11) is 0. The highest BCUT2D eigenvalue weighted by molar-refractivity contribution is 5.86. The van der Waals surface area contributed by atoms with Gasteiger partial charge in [0.1, 0.15) is 6.23 Å². The van der Waals surface area contributed by atoms with Crippen LogP contribution in [0.5, 0.6) is 0 Å². The van der Waals surface area contributed by atoms with Crippen LogP contribution in [0, 0.1) is 0 Å². The molecule has 3 heterocycles. The number of ether oxygens (including phenoxy) is 1. The molecule has 3 aliphatic heterocycles. The summed E-state index contributed by atoms with van der Waals surface area (Å²) in [4.78, 5) is 12.1. The van der Waals surface area contributed by atoms with E-state index in [-0.39, 0.29) is 12.1 Å². The van der Waals surface area contributed by atoms with Gasteiger partial charge in [-0.25, -0.2) is 0 Å². The van der Waals surface area contributed by atoms with Gasteiger partial charge in [-0.2, -0.15) is 0 Å². The van der Waals surface area contributed by atoms with E-state index in [1.807, 2.05) is 0 Å². The SMILES string of the molecule is CCCCCCCCCCCCCCCCCCCCCCNC(=O)C12CCC(N1)O2. The minimum absolute atomic E-state index is 0.0408. The predicted molar refractivity (Wildman–Crippen MR) is 131 cm³/mol. The Morgan fingerprint density at radius 2 is 1.13 bits per heavy atom. The first-order valence-electron chi connectivity index (χ1n) is 14.0. The highest BCUT2D eigenvalue weighted by Crippen LogP contribution is 2.37. The van der Waals surface area contributed by atoms with Crippen LogP contribution >= 0.6 is 0 Å². The molecule has 3 fully saturated rings. The van der Waals surface area contributed by atoms with Crippen LogP contribution in [0.1, 0.15) is 148 Å². The van der Waals surface area contributed by atoms with Gasteiger partial charge in [0.25, 0.3) is 5.91 Å². The molecule has 0 aromatic carbocycles. The second kappa shape index (κ2) is 16.9. The lowest BCUT2D eigenvalue weighted by Crippen LogP contribution is -2.66. The maximum Gasteiger partial charge on any atom is 0.267 e. The summed E-state index contributed by atoms with van der Waals surface area (Å²) >= 11 is 0. The van der Waals surface area contributed by atoms with Crippen molar-refractivity contribution in [3.05, 3.63) is 0 Å². The van der Waals surface area contributed by atoms with Crippen molar-refractivity contribution >= 4 is 5.91 Å². The van der Waals surface area contributed by atoms with Crippen LogP contribution in [0.2, 0.25) is 0 Å². The van der Waals surface area contributed by atoms with Gasteiger partial charge in [0.2, 0.25) is 5.72 Å². The monoisotopic (exact) mass is 436 g/mol. The van der Waals surface area contributed by atoms with Crippen LogP contribution in [0.15, 0.2) is 0 Å². The summed E-state index contributed by atoms with van der Waals surface area (Å²) in [5.41, 5.74) is -0.668. The number of amides is 1. The molecule has 0 aromatic heterocycles. The maximum absolute atomic E-state index is 12.1. The summed E-state index contributed by atoms with van der Waals surface area (Å²) in [6, 6.07) is 0. The highest BCUT2D eigenvalue weighted by atomic mass is 16.6. The van der Waals surface area contributed by atoms with Crippen molar-refractivity contribution in [1.82, 2.24) is 10.6 Å². The Bertz CT molecular complexity index is 443. The molecular weight excluding hydrogens is 384 g/mol. The molecule has 0 saturated carbocycles. The Kier molecular flexibility index (Phi) is 14.6. The van der Waals surface area contributed by atoms with Crippen LogP contribution < -0.4 is 10.6 Å². The summed E-state index contributed by atoms with van der Waals surface area (Å²) in [6.07, 6.45) is 29.9. The Labute approximate surface area is 193 Å². The van der Waals surface area contributed by atoms with E-state index in [1.54, 1.807) is 0 Å². The van der Waals surface area contributed by atoms with E-state index in [0.717, 1.165) is 25.8 Å². The molecule has 4 heteroatoms. The Morgan fingerprint density at radius 1 is 0.742 bits per heavy atom. The fourth-order valence-electron chi connectivity index (χ4n) is 5.06. The molecule has 0 radical (unpaired) electrons. The van der Waals surface area contributed by atoms with Gasteiger partial charge >= 0.3 is 0 Å². The normalized spacial score (nSPS) is 21.9. The summed E-state index contributed by atoms with van der Waals surface area (Å²) in [5, 5.41) is 6.24. The van der Waals surface area contributed by atoms with Crippen LogP contribution in [0.3, 0.4) is 0 Å². The third-order valence-electron chi connectivity index (χ3n) is 7.18. The van der Waals surface area contributed by atoms with E-state index in [9.17, 15) is 4.79 Å². The molecule has 1 amide bonds. The Balaban J connectivity index is 1.20. The first-order chi connectivity index (χ1) is 15.3. The van der Waals surface area contributed by atoms with Crippen LogP contribution in [-0.4, -0.2) is 24.4 Å². The highest BCUT2D eigenvalue weighted by Gasteiger charge is 2.56. The van der Waals surface area contributed by atoms with Gasteiger partial charge in [-0.15, -0.1) is 0 Å². The first kappa shape index (κ1) is 26.6. The molecule has 2 bridgehead atoms. The average molecular weight is 437 g/mol. The van der Waals surface area contributed by atoms with Gasteiger partial charge in [-0.3, -0.25) is 10.1 Å². The zero-order chi connectivity index (χ0) is 22.0. The van der Waals surface area contributed by atoms with Gasteiger partial charge in [0, 0.05) is 13.0 Å². The molecule has 3 rings (SSSR count). The zero-order valence-corrected chi connectivity index (χ0v) is 20.7. The molecular formula is C27H52N2O2. The molecule has 2 atom stereocenters. The van der Waals surface area contributed by atoms with Gasteiger partial charge < -0.3 is 10.1 Å². The summed E-state index contributed by atoms with van der Waals surface area (Å²) < 4.78 is 5.57. The van der Waals surface area contributed by atoms with E-state index in [4.69, 9.17) is 4.74 Å². The number of hydrogen-bond donors (Lipinski definition) is 2. The van der Waals surface area contributed by atoms with Crippen LogP contribution in [0.4, 0.5) is 0 Å². The van der Waals surface area contributed by atoms with Gasteiger partial charge in [0.05, 0.1) is 0 Å². The third-order valence-corrected chi connectivity index (χ3v) is 7.18. The topological polar surface area (TPSA) is 50.4 Å². The van der Waals surface area contributed by atoms with E-state index in [2.05, 4.69) is 17.6 Å². The Morgan fingerprint density at radius 3 is 1.48 bits per heavy atom. The lowest BCUT2D eigenvalue weighted by Gasteiger charge is -2.38. The quantitative estimate of drug-likeness (QED) is 0.174. The largest absolute Gasteiger partial charge is 0.352 e. The number of unbranched alkanes of at least 4 members (excludes halogenated alkanes) is 19. The molecule has 3 aliphatic rings. The number of fused-ring (bicyclic) bond motifs is 1. The van der Waals surface area contributed by atoms with Gasteiger partial charge in [0.15, 0.2) is 0 Å². The number of hydrogen-bond acceptors (Lipinski definition) is 3. The van der Waals surface area contributed by atoms with Crippen molar-refractivity contribution in [3.8, 4) is 0 Å². The number of rotatable bonds is 22. The van der Waals surface area contributed by atoms with Crippen molar-refractivity contribution in [1.29, 1.82) is 0 Å². The smallest absolute Gasteiger partial charge is 0.267 e. The standard InChI is InChI=1S/C27H52N2O2/c1-2-3-4-5-6-7-8-9-10-11-12-13-14-15-16-17-18-19-20-21-24-28-26(30)27-23-22-25(29-27)31-27/h25,29H,2-24H2,1H3,(H,28,30). The van der Waals surface area contributed by atoms with Crippen molar-refractivity contribution in [2.45, 2.75) is 160 Å². The molecule has 0 aliphatic carbocycles. The van der Waals surface area contributed by atoms with Crippen LogP contribution in [-0.2, 0) is 9.53 Å². The first-order valence-corrected chi connectivity index (χ1v) is 14.0. The molecule has 4 nitrogen and oxygen atoms in total. The van der Waals surface area contributed by atoms with E-state index >= 15 is 0 Å². The van der Waals surface area contributed by atoms with E-state index in [0.29, 0.717) is 0 Å². The fourth-order valence-corrected chi connectivity index (χ4v) is 5.06. The molecule has 0 spiro atoms. The lowest BCUT2D eigenvalue weighted by atomic mass is 10.0. The molecule has 182 valence electrons. The minimum Gasteiger partial charge on any atom is -0.352 e. The zero-order valence-electron chi connectivity index (χ0n) is 20.7. The lowest BCUT2D eigenvalue weighted by molar-refractivity contribution is -0.197. The van der Waals surface area contributed by atoms with Crippen LogP contribution in [0.25, 0.3) is 0 Å². The molecule has 31 heavy (non-hydrogen) atoms. The molecule has 2 unspecified atom stereocenters. The average Bonchev–Trinajstić information content (AvgIpc) is 3.37. The van der Waals surface area contributed by atoms with Crippen molar-refractivity contribution in [3.63, 3.8) is 0 Å². The second-order valence-corrected chi connectivity index (χ2v) is 10.1. The molecule has 2 N–H and O–H groups in total. The van der Waals surface area contributed by atoms with Crippen molar-refractivity contribution in [2.75, 3.05) is 6.54 Å². The number of carbonyl (C=O) groups excluding carboxylic acids is 1.